The topological polar surface area (TPSA) is 39.9 Å². The van der Waals surface area contributed by atoms with E-state index in [1.165, 1.54) is 0 Å². The molecule has 0 bridgehead atoms. The van der Waals surface area contributed by atoms with E-state index >= 15 is 0 Å². The minimum Gasteiger partial charge on any atom is -0.378 e. The number of hydrogen-bond donors (Lipinski definition) is 0. The van der Waals surface area contributed by atoms with E-state index in [4.69, 9.17) is 16.3 Å². The fraction of sp³-hybridized carbons (Fsp3) is 0.778. The first-order chi connectivity index (χ1) is 6.81. The van der Waals surface area contributed by atoms with Crippen LogP contribution in [0.25, 0.3) is 0 Å². The van der Waals surface area contributed by atoms with Crippen LogP contribution in [-0.2, 0) is 17.2 Å². The summed E-state index contributed by atoms with van der Waals surface area (Å²) < 4.78 is 7.52. The normalized spacial score (nSPS) is 27.0. The molecule has 0 N–H and O–H groups in total. The summed E-state index contributed by atoms with van der Waals surface area (Å²) >= 11 is 5.74. The standard InChI is InChI=1S/C9H14ClN3O/c1-7-8(2-3-14-7)5-13-6-11-12-9(13)4-10/h6-8H,2-5H2,1H3. The first kappa shape index (κ1) is 9.93. The molecule has 2 heterocycles. The Morgan fingerprint density at radius 1 is 1.71 bits per heavy atom. The van der Waals surface area contributed by atoms with Crippen LogP contribution in [0.5, 0.6) is 0 Å². The second-order valence-corrected chi connectivity index (χ2v) is 3.93. The van der Waals surface area contributed by atoms with Crippen LogP contribution in [0.3, 0.4) is 0 Å². The molecule has 0 amide bonds. The molecule has 4 nitrogen and oxygen atoms in total. The van der Waals surface area contributed by atoms with Crippen LogP contribution in [0, 0.1) is 5.92 Å². The third-order valence-electron chi connectivity index (χ3n) is 2.78. The first-order valence-corrected chi connectivity index (χ1v) is 5.39. The van der Waals surface area contributed by atoms with Crippen molar-refractivity contribution in [1.82, 2.24) is 14.8 Å². The van der Waals surface area contributed by atoms with E-state index in [0.29, 0.717) is 17.9 Å². The maximum absolute atomic E-state index is 5.74. The summed E-state index contributed by atoms with van der Waals surface area (Å²) in [5, 5.41) is 7.79. The zero-order valence-corrected chi connectivity index (χ0v) is 8.94. The van der Waals surface area contributed by atoms with Crippen molar-refractivity contribution < 1.29 is 4.74 Å². The van der Waals surface area contributed by atoms with E-state index < -0.39 is 0 Å². The van der Waals surface area contributed by atoms with Gasteiger partial charge in [-0.25, -0.2) is 0 Å². The highest BCUT2D eigenvalue weighted by atomic mass is 35.5. The molecule has 1 fully saturated rings. The lowest BCUT2D eigenvalue weighted by molar-refractivity contribution is 0.101. The molecule has 1 aromatic heterocycles. The number of aromatic nitrogens is 3. The van der Waals surface area contributed by atoms with Crippen LogP contribution in [-0.4, -0.2) is 27.5 Å². The van der Waals surface area contributed by atoms with Gasteiger partial charge in [-0.2, -0.15) is 0 Å². The van der Waals surface area contributed by atoms with Crippen molar-refractivity contribution in [2.75, 3.05) is 6.61 Å². The predicted octanol–water partition coefficient (Wildman–Crippen LogP) is 1.44. The molecule has 1 aromatic rings. The number of halogens is 1. The lowest BCUT2D eigenvalue weighted by atomic mass is 10.0. The van der Waals surface area contributed by atoms with Gasteiger partial charge in [-0.05, 0) is 13.3 Å². The summed E-state index contributed by atoms with van der Waals surface area (Å²) in [6.07, 6.45) is 3.18. The van der Waals surface area contributed by atoms with Crippen molar-refractivity contribution in [2.45, 2.75) is 31.9 Å². The SMILES string of the molecule is CC1OCCC1Cn1cnnc1CCl. The average molecular weight is 216 g/mol. The Kier molecular flexibility index (Phi) is 3.03. The number of ether oxygens (including phenoxy) is 1. The molecule has 5 heteroatoms. The van der Waals surface area contributed by atoms with Crippen molar-refractivity contribution in [3.63, 3.8) is 0 Å². The van der Waals surface area contributed by atoms with Crippen LogP contribution in [0.2, 0.25) is 0 Å². The molecule has 1 saturated heterocycles. The van der Waals surface area contributed by atoms with Crippen LogP contribution in [0.15, 0.2) is 6.33 Å². The van der Waals surface area contributed by atoms with Crippen LogP contribution in [0.4, 0.5) is 0 Å². The molecule has 14 heavy (non-hydrogen) atoms. The summed E-state index contributed by atoms with van der Waals surface area (Å²) in [6, 6.07) is 0. The van der Waals surface area contributed by atoms with Gasteiger partial charge >= 0.3 is 0 Å². The lowest BCUT2D eigenvalue weighted by Gasteiger charge is -2.14. The largest absolute Gasteiger partial charge is 0.378 e. The van der Waals surface area contributed by atoms with E-state index in [1.807, 2.05) is 4.57 Å². The molecular formula is C9H14ClN3O. The molecule has 2 rings (SSSR count). The van der Waals surface area contributed by atoms with Gasteiger partial charge in [0.15, 0.2) is 0 Å². The van der Waals surface area contributed by atoms with Crippen LogP contribution < -0.4 is 0 Å². The maximum atomic E-state index is 5.74. The smallest absolute Gasteiger partial charge is 0.147 e. The fourth-order valence-corrected chi connectivity index (χ4v) is 2.01. The Morgan fingerprint density at radius 2 is 2.57 bits per heavy atom. The second-order valence-electron chi connectivity index (χ2n) is 3.66. The Hall–Kier alpha value is -0.610. The summed E-state index contributed by atoms with van der Waals surface area (Å²) in [5.41, 5.74) is 0. The molecule has 78 valence electrons. The van der Waals surface area contributed by atoms with Crippen molar-refractivity contribution in [2.24, 2.45) is 5.92 Å². The van der Waals surface area contributed by atoms with Gasteiger partial charge in [-0.1, -0.05) is 0 Å². The van der Waals surface area contributed by atoms with Crippen molar-refractivity contribution in [1.29, 1.82) is 0 Å². The van der Waals surface area contributed by atoms with E-state index in [2.05, 4.69) is 17.1 Å². The third kappa shape index (κ3) is 1.91. The summed E-state index contributed by atoms with van der Waals surface area (Å²) in [7, 11) is 0. The van der Waals surface area contributed by atoms with Crippen LogP contribution >= 0.6 is 11.6 Å². The second kappa shape index (κ2) is 4.28. The molecular weight excluding hydrogens is 202 g/mol. The van der Waals surface area contributed by atoms with Gasteiger partial charge in [0.1, 0.15) is 12.2 Å². The van der Waals surface area contributed by atoms with Gasteiger partial charge < -0.3 is 9.30 Å². The van der Waals surface area contributed by atoms with E-state index in [0.717, 1.165) is 25.4 Å². The van der Waals surface area contributed by atoms with Crippen molar-refractivity contribution in [3.05, 3.63) is 12.2 Å². The molecule has 0 radical (unpaired) electrons. The van der Waals surface area contributed by atoms with Gasteiger partial charge in [0.2, 0.25) is 0 Å². The lowest BCUT2D eigenvalue weighted by Crippen LogP contribution is -2.18. The molecule has 0 spiro atoms. The van der Waals surface area contributed by atoms with Crippen LogP contribution in [0.1, 0.15) is 19.2 Å². The Morgan fingerprint density at radius 3 is 3.21 bits per heavy atom. The zero-order chi connectivity index (χ0) is 9.97. The van der Waals surface area contributed by atoms with Crippen molar-refractivity contribution >= 4 is 11.6 Å². The minimum absolute atomic E-state index is 0.334. The number of rotatable bonds is 3. The fourth-order valence-electron chi connectivity index (χ4n) is 1.80. The number of nitrogens with zero attached hydrogens (tertiary/aromatic N) is 3. The third-order valence-corrected chi connectivity index (χ3v) is 3.02. The van der Waals surface area contributed by atoms with Gasteiger partial charge in [-0.3, -0.25) is 0 Å². The highest BCUT2D eigenvalue weighted by Crippen LogP contribution is 2.22. The molecule has 1 aliphatic rings. The summed E-state index contributed by atoms with van der Waals surface area (Å²) in [5.74, 6) is 1.82. The Balaban J connectivity index is 2.02. The predicted molar refractivity (Wildman–Crippen MR) is 53.1 cm³/mol. The Bertz CT molecular complexity index is 302. The van der Waals surface area contributed by atoms with Gasteiger partial charge in [0.05, 0.1) is 12.0 Å². The van der Waals surface area contributed by atoms with E-state index in [-0.39, 0.29) is 0 Å². The quantitative estimate of drug-likeness (QED) is 0.717. The monoisotopic (exact) mass is 215 g/mol. The number of alkyl halides is 1. The Labute approximate surface area is 88.2 Å². The first-order valence-electron chi connectivity index (χ1n) is 4.85. The highest BCUT2D eigenvalue weighted by Gasteiger charge is 2.25. The highest BCUT2D eigenvalue weighted by molar-refractivity contribution is 6.16. The van der Waals surface area contributed by atoms with Gasteiger partial charge in [-0.15, -0.1) is 21.8 Å². The molecule has 0 aliphatic carbocycles. The summed E-state index contributed by atoms with van der Waals surface area (Å²) in [6.45, 7) is 3.89. The van der Waals surface area contributed by atoms with Gasteiger partial charge in [0, 0.05) is 19.1 Å². The molecule has 1 aliphatic heterocycles. The van der Waals surface area contributed by atoms with Gasteiger partial charge in [0.25, 0.3) is 0 Å². The molecule has 2 unspecified atom stereocenters. The number of hydrogen-bond acceptors (Lipinski definition) is 3. The molecule has 0 aromatic carbocycles. The zero-order valence-electron chi connectivity index (χ0n) is 8.19. The average Bonchev–Trinajstić information content (AvgIpc) is 2.77. The maximum Gasteiger partial charge on any atom is 0.147 e. The summed E-state index contributed by atoms with van der Waals surface area (Å²) in [4.78, 5) is 0. The van der Waals surface area contributed by atoms with Crippen molar-refractivity contribution in [3.8, 4) is 0 Å². The molecule has 2 atom stereocenters. The van der Waals surface area contributed by atoms with E-state index in [9.17, 15) is 0 Å². The molecule has 0 saturated carbocycles. The van der Waals surface area contributed by atoms with E-state index in [1.54, 1.807) is 6.33 Å². The minimum atomic E-state index is 0.334.